The first-order valence-electron chi connectivity index (χ1n) is 5.79. The van der Waals surface area contributed by atoms with Gasteiger partial charge in [-0.25, -0.2) is 0 Å². The second-order valence-corrected chi connectivity index (χ2v) is 4.07. The third kappa shape index (κ3) is 2.84. The molecule has 0 atom stereocenters. The molecule has 2 rings (SSSR count). The first-order valence-corrected chi connectivity index (χ1v) is 5.79. The molecule has 0 spiro atoms. The minimum absolute atomic E-state index is 0.611. The Hall–Kier alpha value is -1.84. The Labute approximate surface area is 101 Å². The first kappa shape index (κ1) is 11.6. The highest BCUT2D eigenvalue weighted by Crippen LogP contribution is 2.17. The molecule has 0 N–H and O–H groups in total. The molecule has 4 nitrogen and oxygen atoms in total. The Balaban J connectivity index is 2.16. The first-order chi connectivity index (χ1) is 8.19. The van der Waals surface area contributed by atoms with E-state index in [9.17, 15) is 0 Å². The van der Waals surface area contributed by atoms with Gasteiger partial charge in [0.2, 0.25) is 11.8 Å². The summed E-state index contributed by atoms with van der Waals surface area (Å²) in [4.78, 5) is 2.21. The van der Waals surface area contributed by atoms with Gasteiger partial charge in [-0.2, -0.15) is 0 Å². The second kappa shape index (κ2) is 4.99. The second-order valence-electron chi connectivity index (χ2n) is 4.07. The molecule has 4 heteroatoms. The zero-order valence-corrected chi connectivity index (χ0v) is 10.5. The molecule has 1 aromatic carbocycles. The third-order valence-corrected chi connectivity index (χ3v) is 2.64. The van der Waals surface area contributed by atoms with Crippen LogP contribution < -0.4 is 4.90 Å². The maximum absolute atomic E-state index is 5.40. The Bertz CT molecular complexity index is 493. The number of hydrogen-bond acceptors (Lipinski definition) is 4. The monoisotopic (exact) mass is 231 g/mol. The van der Waals surface area contributed by atoms with E-state index in [-0.39, 0.29) is 0 Å². The van der Waals surface area contributed by atoms with E-state index in [4.69, 9.17) is 4.42 Å². The highest BCUT2D eigenvalue weighted by molar-refractivity contribution is 5.48. The van der Waals surface area contributed by atoms with E-state index in [1.165, 1.54) is 11.3 Å². The lowest BCUT2D eigenvalue weighted by Gasteiger charge is -2.21. The van der Waals surface area contributed by atoms with Crippen LogP contribution in [-0.2, 0) is 6.54 Å². The lowest BCUT2D eigenvalue weighted by molar-refractivity contribution is 0.463. The summed E-state index contributed by atoms with van der Waals surface area (Å²) in [6.45, 7) is 7.57. The molecule has 1 heterocycles. The fraction of sp³-hybridized carbons (Fsp3) is 0.385. The molecular formula is C13H17N3O. The van der Waals surface area contributed by atoms with Gasteiger partial charge in [0, 0.05) is 19.2 Å². The summed E-state index contributed by atoms with van der Waals surface area (Å²) in [7, 11) is 0. The van der Waals surface area contributed by atoms with Gasteiger partial charge in [0.15, 0.2) is 0 Å². The molecule has 0 amide bonds. The van der Waals surface area contributed by atoms with Crippen molar-refractivity contribution in [3.8, 4) is 0 Å². The topological polar surface area (TPSA) is 42.2 Å². The number of anilines is 1. The summed E-state index contributed by atoms with van der Waals surface area (Å²) < 4.78 is 5.40. The molecule has 0 saturated heterocycles. The molecule has 0 fully saturated rings. The van der Waals surface area contributed by atoms with Gasteiger partial charge in [0.1, 0.15) is 0 Å². The van der Waals surface area contributed by atoms with Crippen molar-refractivity contribution in [1.29, 1.82) is 0 Å². The van der Waals surface area contributed by atoms with Crippen LogP contribution >= 0.6 is 0 Å². The van der Waals surface area contributed by atoms with Crippen molar-refractivity contribution in [2.45, 2.75) is 27.3 Å². The van der Waals surface area contributed by atoms with Gasteiger partial charge >= 0.3 is 0 Å². The van der Waals surface area contributed by atoms with E-state index in [1.807, 2.05) is 0 Å². The fourth-order valence-corrected chi connectivity index (χ4v) is 1.78. The van der Waals surface area contributed by atoms with Gasteiger partial charge < -0.3 is 9.32 Å². The van der Waals surface area contributed by atoms with Gasteiger partial charge in [0.05, 0.1) is 6.54 Å². The quantitative estimate of drug-likeness (QED) is 0.811. The molecule has 17 heavy (non-hydrogen) atoms. The summed E-state index contributed by atoms with van der Waals surface area (Å²) in [5.74, 6) is 1.27. The van der Waals surface area contributed by atoms with Crippen molar-refractivity contribution in [2.75, 3.05) is 11.4 Å². The van der Waals surface area contributed by atoms with Gasteiger partial charge in [-0.3, -0.25) is 0 Å². The van der Waals surface area contributed by atoms with Crippen molar-refractivity contribution >= 4 is 5.69 Å². The number of rotatable bonds is 4. The number of aromatic nitrogens is 2. The zero-order valence-electron chi connectivity index (χ0n) is 10.5. The van der Waals surface area contributed by atoms with Crippen molar-refractivity contribution in [3.63, 3.8) is 0 Å². The van der Waals surface area contributed by atoms with E-state index >= 15 is 0 Å². The van der Waals surface area contributed by atoms with Gasteiger partial charge in [-0.05, 0) is 31.5 Å². The Morgan fingerprint density at radius 1 is 1.24 bits per heavy atom. The standard InChI is InChI=1S/C13H17N3O/c1-4-16(9-13-15-14-11(3)17-13)12-7-5-6-10(2)8-12/h5-8H,4,9H2,1-3H3. The van der Waals surface area contributed by atoms with Gasteiger partial charge in [-0.15, -0.1) is 10.2 Å². The largest absolute Gasteiger partial charge is 0.424 e. The Kier molecular flexibility index (Phi) is 3.42. The van der Waals surface area contributed by atoms with E-state index in [0.29, 0.717) is 18.3 Å². The van der Waals surface area contributed by atoms with Crippen LogP contribution in [0, 0.1) is 13.8 Å². The SMILES string of the molecule is CCN(Cc1nnc(C)o1)c1cccc(C)c1. The Morgan fingerprint density at radius 2 is 2.06 bits per heavy atom. The van der Waals surface area contributed by atoms with Crippen molar-refractivity contribution in [1.82, 2.24) is 10.2 Å². The molecule has 90 valence electrons. The fourth-order valence-electron chi connectivity index (χ4n) is 1.78. The average molecular weight is 231 g/mol. The van der Waals surface area contributed by atoms with Gasteiger partial charge in [0.25, 0.3) is 0 Å². The molecule has 0 radical (unpaired) electrons. The predicted octanol–water partition coefficient (Wildman–Crippen LogP) is 2.71. The van der Waals surface area contributed by atoms with E-state index in [2.05, 4.69) is 53.2 Å². The minimum Gasteiger partial charge on any atom is -0.424 e. The number of hydrogen-bond donors (Lipinski definition) is 0. The molecule has 1 aromatic heterocycles. The Morgan fingerprint density at radius 3 is 2.65 bits per heavy atom. The minimum atomic E-state index is 0.611. The maximum Gasteiger partial charge on any atom is 0.235 e. The number of nitrogens with zero attached hydrogens (tertiary/aromatic N) is 3. The average Bonchev–Trinajstić information content (AvgIpc) is 2.72. The van der Waals surface area contributed by atoms with Crippen molar-refractivity contribution < 1.29 is 4.42 Å². The highest BCUT2D eigenvalue weighted by Gasteiger charge is 2.09. The summed E-state index contributed by atoms with van der Waals surface area (Å²) in [5, 5.41) is 7.86. The summed E-state index contributed by atoms with van der Waals surface area (Å²) in [6.07, 6.45) is 0. The van der Waals surface area contributed by atoms with Crippen LogP contribution in [0.4, 0.5) is 5.69 Å². The predicted molar refractivity (Wildman–Crippen MR) is 66.9 cm³/mol. The summed E-state index contributed by atoms with van der Waals surface area (Å²) in [6, 6.07) is 8.41. The molecule has 0 unspecified atom stereocenters. The lowest BCUT2D eigenvalue weighted by atomic mass is 10.2. The van der Waals surface area contributed by atoms with E-state index < -0.39 is 0 Å². The van der Waals surface area contributed by atoms with Crippen molar-refractivity contribution in [2.24, 2.45) is 0 Å². The smallest absolute Gasteiger partial charge is 0.235 e. The van der Waals surface area contributed by atoms with Crippen LogP contribution in [0.15, 0.2) is 28.7 Å². The van der Waals surface area contributed by atoms with E-state index in [0.717, 1.165) is 6.54 Å². The normalized spacial score (nSPS) is 10.5. The highest BCUT2D eigenvalue weighted by atomic mass is 16.4. The van der Waals surface area contributed by atoms with Crippen LogP contribution in [0.1, 0.15) is 24.3 Å². The third-order valence-electron chi connectivity index (χ3n) is 2.64. The van der Waals surface area contributed by atoms with Crippen molar-refractivity contribution in [3.05, 3.63) is 41.6 Å². The van der Waals surface area contributed by atoms with Crippen LogP contribution in [0.3, 0.4) is 0 Å². The summed E-state index contributed by atoms with van der Waals surface area (Å²) in [5.41, 5.74) is 2.44. The van der Waals surface area contributed by atoms with E-state index in [1.54, 1.807) is 6.92 Å². The number of benzene rings is 1. The van der Waals surface area contributed by atoms with Crippen LogP contribution in [-0.4, -0.2) is 16.7 Å². The molecule has 0 aliphatic carbocycles. The molecule has 0 bridgehead atoms. The van der Waals surface area contributed by atoms with Crippen LogP contribution in [0.5, 0.6) is 0 Å². The molecule has 2 aromatic rings. The number of aryl methyl sites for hydroxylation is 2. The maximum atomic E-state index is 5.40. The summed E-state index contributed by atoms with van der Waals surface area (Å²) >= 11 is 0. The molecule has 0 saturated carbocycles. The molecular weight excluding hydrogens is 214 g/mol. The van der Waals surface area contributed by atoms with Crippen LogP contribution in [0.2, 0.25) is 0 Å². The van der Waals surface area contributed by atoms with Gasteiger partial charge in [-0.1, -0.05) is 12.1 Å². The lowest BCUT2D eigenvalue weighted by Crippen LogP contribution is -2.22. The molecule has 0 aliphatic heterocycles. The zero-order chi connectivity index (χ0) is 12.3. The molecule has 0 aliphatic rings. The van der Waals surface area contributed by atoms with Crippen LogP contribution in [0.25, 0.3) is 0 Å².